The number of hydrogen-bond donors (Lipinski definition) is 0. The van der Waals surface area contributed by atoms with Crippen molar-refractivity contribution in [2.45, 2.75) is 43.9 Å². The van der Waals surface area contributed by atoms with Crippen molar-refractivity contribution in [1.82, 2.24) is 0 Å². The molecule has 1 aliphatic rings. The lowest BCUT2D eigenvalue weighted by molar-refractivity contribution is 0.295. The average Bonchev–Trinajstić information content (AvgIpc) is 2.32. The minimum absolute atomic E-state index is 0.348. The van der Waals surface area contributed by atoms with Gasteiger partial charge >= 0.3 is 0 Å². The van der Waals surface area contributed by atoms with Gasteiger partial charge in [0.1, 0.15) is 0 Å². The van der Waals surface area contributed by atoms with Crippen LogP contribution in [0.1, 0.15) is 44.1 Å². The Kier molecular flexibility index (Phi) is 3.25. The van der Waals surface area contributed by atoms with E-state index in [1.807, 2.05) is 12.1 Å². The molecule has 1 aromatic carbocycles. The van der Waals surface area contributed by atoms with Gasteiger partial charge in [0.25, 0.3) is 0 Å². The summed E-state index contributed by atoms with van der Waals surface area (Å²) in [7, 11) is 0. The Hall–Kier alpha value is -1.04. The third-order valence-electron chi connectivity index (χ3n) is 3.63. The van der Waals surface area contributed by atoms with E-state index in [2.05, 4.69) is 30.9 Å². The van der Waals surface area contributed by atoms with Crippen molar-refractivity contribution in [2.75, 3.05) is 0 Å². The molecule has 1 aliphatic carbocycles. The molecular weight excluding hydrogens is 180 g/mol. The van der Waals surface area contributed by atoms with Crippen molar-refractivity contribution in [2.24, 2.45) is 0 Å². The Morgan fingerprint density at radius 3 is 2.67 bits per heavy atom. The minimum atomic E-state index is 0.348. The van der Waals surface area contributed by atoms with Crippen molar-refractivity contribution in [1.29, 1.82) is 0 Å². The molecule has 0 nitrogen and oxygen atoms in total. The maximum Gasteiger partial charge on any atom is -0.000650 e. The van der Waals surface area contributed by atoms with Crippen LogP contribution < -0.4 is 0 Å². The maximum atomic E-state index is 3.91. The second-order valence-electron chi connectivity index (χ2n) is 4.61. The highest BCUT2D eigenvalue weighted by molar-refractivity contribution is 5.25. The summed E-state index contributed by atoms with van der Waals surface area (Å²) in [4.78, 5) is 0. The molecule has 1 aromatic rings. The van der Waals surface area contributed by atoms with Crippen LogP contribution in [0.15, 0.2) is 36.9 Å². The van der Waals surface area contributed by atoms with Gasteiger partial charge in [-0.1, -0.05) is 49.6 Å². The van der Waals surface area contributed by atoms with E-state index < -0.39 is 0 Å². The molecule has 0 unspecified atom stereocenters. The highest BCUT2D eigenvalue weighted by Crippen LogP contribution is 2.41. The number of rotatable bonds is 3. The predicted molar refractivity (Wildman–Crippen MR) is 64.9 cm³/mol. The second-order valence-corrected chi connectivity index (χ2v) is 4.61. The Balaban J connectivity index is 2.29. The minimum Gasteiger partial charge on any atom is -0.103 e. The molecule has 1 radical (unpaired) electrons. The summed E-state index contributed by atoms with van der Waals surface area (Å²) in [5.41, 5.74) is 1.74. The van der Waals surface area contributed by atoms with Crippen molar-refractivity contribution in [3.8, 4) is 0 Å². The van der Waals surface area contributed by atoms with Crippen LogP contribution in [-0.4, -0.2) is 0 Å². The normalized spacial score (nSPS) is 19.7. The molecule has 0 saturated heterocycles. The summed E-state index contributed by atoms with van der Waals surface area (Å²) in [5.74, 6) is 0. The molecule has 0 atom stereocenters. The molecule has 1 saturated carbocycles. The van der Waals surface area contributed by atoms with E-state index in [0.29, 0.717) is 5.41 Å². The molecular formula is C15H19. The van der Waals surface area contributed by atoms with Gasteiger partial charge < -0.3 is 0 Å². The van der Waals surface area contributed by atoms with Gasteiger partial charge in [-0.3, -0.25) is 0 Å². The molecule has 0 heteroatoms. The zero-order valence-electron chi connectivity index (χ0n) is 9.34. The van der Waals surface area contributed by atoms with Crippen molar-refractivity contribution in [3.05, 3.63) is 48.6 Å². The molecule has 0 aliphatic heterocycles. The number of allylic oxidation sites excluding steroid dienone is 1. The van der Waals surface area contributed by atoms with E-state index in [9.17, 15) is 0 Å². The lowest BCUT2D eigenvalue weighted by Gasteiger charge is -2.37. The standard InChI is InChI=1S/C15H19/c1-2-11-15(12-7-4-8-13-15)14-9-5-3-6-10-14/h2-3,5-6,9H,1,4,7-8,11-13H2. The van der Waals surface area contributed by atoms with E-state index in [0.717, 1.165) is 6.42 Å². The van der Waals surface area contributed by atoms with Gasteiger partial charge in [0.05, 0.1) is 0 Å². The van der Waals surface area contributed by atoms with Gasteiger partial charge in [0.2, 0.25) is 0 Å². The molecule has 79 valence electrons. The number of hydrogen-bond acceptors (Lipinski definition) is 0. The zero-order valence-corrected chi connectivity index (χ0v) is 9.34. The molecule has 2 rings (SSSR count). The van der Waals surface area contributed by atoms with Gasteiger partial charge in [-0.2, -0.15) is 0 Å². The summed E-state index contributed by atoms with van der Waals surface area (Å²) in [6.07, 6.45) is 9.90. The van der Waals surface area contributed by atoms with E-state index in [1.54, 1.807) is 0 Å². The first-order valence-electron chi connectivity index (χ1n) is 5.95. The molecule has 0 spiro atoms. The average molecular weight is 199 g/mol. The van der Waals surface area contributed by atoms with Gasteiger partial charge in [-0.05, 0) is 36.3 Å². The SMILES string of the molecule is C=CCC1(c2[c]cccc2)CCCCC1. The Labute approximate surface area is 93.0 Å². The van der Waals surface area contributed by atoms with Gasteiger partial charge in [-0.15, -0.1) is 6.58 Å². The molecule has 0 heterocycles. The quantitative estimate of drug-likeness (QED) is 0.638. The fourth-order valence-corrected chi connectivity index (χ4v) is 2.81. The maximum absolute atomic E-state index is 3.91. The Morgan fingerprint density at radius 2 is 2.07 bits per heavy atom. The van der Waals surface area contributed by atoms with E-state index in [4.69, 9.17) is 0 Å². The monoisotopic (exact) mass is 199 g/mol. The number of benzene rings is 1. The fourth-order valence-electron chi connectivity index (χ4n) is 2.81. The second kappa shape index (κ2) is 4.65. The van der Waals surface area contributed by atoms with Crippen molar-refractivity contribution < 1.29 is 0 Å². The predicted octanol–water partition coefficient (Wildman–Crippen LogP) is 4.26. The first kappa shape index (κ1) is 10.5. The van der Waals surface area contributed by atoms with E-state index in [1.165, 1.54) is 37.7 Å². The fraction of sp³-hybridized carbons (Fsp3) is 0.467. The van der Waals surface area contributed by atoms with Crippen LogP contribution in [-0.2, 0) is 5.41 Å². The first-order chi connectivity index (χ1) is 7.37. The third-order valence-corrected chi connectivity index (χ3v) is 3.63. The van der Waals surface area contributed by atoms with Gasteiger partial charge in [0.15, 0.2) is 0 Å². The first-order valence-corrected chi connectivity index (χ1v) is 5.95. The zero-order chi connectivity index (χ0) is 10.6. The summed E-state index contributed by atoms with van der Waals surface area (Å²) in [6, 6.07) is 11.9. The third kappa shape index (κ3) is 2.14. The summed E-state index contributed by atoms with van der Waals surface area (Å²) in [6.45, 7) is 3.91. The van der Waals surface area contributed by atoms with Crippen LogP contribution in [0.25, 0.3) is 0 Å². The lowest BCUT2D eigenvalue weighted by atomic mass is 9.67. The van der Waals surface area contributed by atoms with Crippen LogP contribution in [0.5, 0.6) is 0 Å². The van der Waals surface area contributed by atoms with Crippen LogP contribution in [0.3, 0.4) is 0 Å². The van der Waals surface area contributed by atoms with Crippen molar-refractivity contribution in [3.63, 3.8) is 0 Å². The summed E-state index contributed by atoms with van der Waals surface area (Å²) < 4.78 is 0. The van der Waals surface area contributed by atoms with E-state index >= 15 is 0 Å². The molecule has 15 heavy (non-hydrogen) atoms. The van der Waals surface area contributed by atoms with Crippen LogP contribution in [0.2, 0.25) is 0 Å². The molecule has 0 bridgehead atoms. The van der Waals surface area contributed by atoms with Crippen LogP contribution in [0.4, 0.5) is 0 Å². The van der Waals surface area contributed by atoms with Crippen molar-refractivity contribution >= 4 is 0 Å². The Bertz CT molecular complexity index is 304. The highest BCUT2D eigenvalue weighted by Gasteiger charge is 2.32. The van der Waals surface area contributed by atoms with Gasteiger partial charge in [-0.25, -0.2) is 0 Å². The topological polar surface area (TPSA) is 0 Å². The molecule has 0 amide bonds. The summed E-state index contributed by atoms with van der Waals surface area (Å²) >= 11 is 0. The van der Waals surface area contributed by atoms with Gasteiger partial charge in [0, 0.05) is 0 Å². The molecule has 0 N–H and O–H groups in total. The summed E-state index contributed by atoms with van der Waals surface area (Å²) in [5, 5.41) is 0. The largest absolute Gasteiger partial charge is 0.103 e. The molecule has 0 aromatic heterocycles. The molecule has 1 fully saturated rings. The lowest BCUT2D eigenvalue weighted by Crippen LogP contribution is -2.28. The van der Waals surface area contributed by atoms with Crippen LogP contribution >= 0.6 is 0 Å². The van der Waals surface area contributed by atoms with E-state index in [-0.39, 0.29) is 0 Å². The highest BCUT2D eigenvalue weighted by atomic mass is 14.4. The smallest absolute Gasteiger partial charge is 0.000650 e. The Morgan fingerprint density at radius 1 is 1.27 bits per heavy atom. The van der Waals surface area contributed by atoms with Crippen LogP contribution in [0, 0.1) is 6.07 Å².